The van der Waals surface area contributed by atoms with Crippen LogP contribution in [0.25, 0.3) is 0 Å². The minimum atomic E-state index is -0.288. The molecule has 5 nitrogen and oxygen atoms in total. The Morgan fingerprint density at radius 2 is 2.14 bits per heavy atom. The van der Waals surface area contributed by atoms with E-state index in [4.69, 9.17) is 0 Å². The van der Waals surface area contributed by atoms with Gasteiger partial charge in [0.2, 0.25) is 5.91 Å². The van der Waals surface area contributed by atoms with Crippen LogP contribution in [0, 0.1) is 0 Å². The van der Waals surface area contributed by atoms with E-state index in [1.54, 1.807) is 0 Å². The van der Waals surface area contributed by atoms with Crippen molar-refractivity contribution in [2.45, 2.75) is 32.7 Å². The molecule has 0 radical (unpaired) electrons. The summed E-state index contributed by atoms with van der Waals surface area (Å²) < 4.78 is 0. The van der Waals surface area contributed by atoms with Gasteiger partial charge in [0.05, 0.1) is 6.42 Å². The molecule has 0 saturated carbocycles. The van der Waals surface area contributed by atoms with Gasteiger partial charge in [-0.3, -0.25) is 4.79 Å². The van der Waals surface area contributed by atoms with Gasteiger partial charge >= 0.3 is 5.69 Å². The van der Waals surface area contributed by atoms with E-state index in [9.17, 15) is 9.59 Å². The maximum atomic E-state index is 11.4. The molecule has 1 heterocycles. The number of hydrogen-bond donors (Lipinski definition) is 3. The number of hydrogen-bond acceptors (Lipinski definition) is 2. The fourth-order valence-corrected chi connectivity index (χ4v) is 1.10. The van der Waals surface area contributed by atoms with Crippen LogP contribution in [-0.4, -0.2) is 21.4 Å². The van der Waals surface area contributed by atoms with Crippen molar-refractivity contribution in [3.8, 4) is 0 Å². The van der Waals surface area contributed by atoms with E-state index in [1.807, 2.05) is 20.8 Å². The van der Waals surface area contributed by atoms with Crippen molar-refractivity contribution in [1.29, 1.82) is 0 Å². The van der Waals surface area contributed by atoms with Gasteiger partial charge in [0.1, 0.15) is 0 Å². The maximum Gasteiger partial charge on any atom is 0.323 e. The summed E-state index contributed by atoms with van der Waals surface area (Å²) in [6.45, 7) is 5.72. The van der Waals surface area contributed by atoms with E-state index >= 15 is 0 Å². The molecule has 0 atom stereocenters. The first kappa shape index (κ1) is 10.6. The summed E-state index contributed by atoms with van der Waals surface area (Å²) in [5.41, 5.74) is 0.0635. The van der Waals surface area contributed by atoms with E-state index in [1.165, 1.54) is 6.20 Å². The molecule has 5 heteroatoms. The zero-order valence-corrected chi connectivity index (χ0v) is 8.60. The van der Waals surface area contributed by atoms with Gasteiger partial charge in [-0.15, -0.1) is 0 Å². The normalized spacial score (nSPS) is 11.4. The number of H-pyrrole nitrogens is 2. The van der Waals surface area contributed by atoms with Crippen LogP contribution in [0.5, 0.6) is 0 Å². The Bertz CT molecular complexity index is 370. The molecule has 0 bridgehead atoms. The summed E-state index contributed by atoms with van der Waals surface area (Å²) in [7, 11) is 0. The maximum absolute atomic E-state index is 11.4. The highest BCUT2D eigenvalue weighted by molar-refractivity contribution is 5.78. The highest BCUT2D eigenvalue weighted by Crippen LogP contribution is 1.99. The molecule has 0 unspecified atom stereocenters. The number of carbonyl (C=O) groups excluding carboxylic acids is 1. The third kappa shape index (κ3) is 3.47. The molecule has 0 aliphatic heterocycles. The van der Waals surface area contributed by atoms with Crippen LogP contribution < -0.4 is 11.0 Å². The lowest BCUT2D eigenvalue weighted by atomic mass is 10.1. The molecule has 14 heavy (non-hydrogen) atoms. The van der Waals surface area contributed by atoms with Gasteiger partial charge < -0.3 is 15.3 Å². The Hall–Kier alpha value is -1.52. The molecule has 78 valence electrons. The van der Waals surface area contributed by atoms with Crippen LogP contribution in [0.1, 0.15) is 26.5 Å². The molecule has 0 spiro atoms. The van der Waals surface area contributed by atoms with Crippen molar-refractivity contribution >= 4 is 5.91 Å². The van der Waals surface area contributed by atoms with Gasteiger partial charge in [0.25, 0.3) is 0 Å². The second-order valence-corrected chi connectivity index (χ2v) is 4.24. The first-order chi connectivity index (χ1) is 6.37. The number of amides is 1. The van der Waals surface area contributed by atoms with Crippen molar-refractivity contribution < 1.29 is 4.79 Å². The molecule has 0 saturated heterocycles. The first-order valence-electron chi connectivity index (χ1n) is 4.44. The van der Waals surface area contributed by atoms with Crippen molar-refractivity contribution in [3.63, 3.8) is 0 Å². The van der Waals surface area contributed by atoms with Gasteiger partial charge in [-0.05, 0) is 20.8 Å². The lowest BCUT2D eigenvalue weighted by Crippen LogP contribution is -2.41. The SMILES string of the molecule is CC(C)(C)NC(=O)Cc1c[nH]c(=O)[nH]1. The predicted octanol–water partition coefficient (Wildman–Crippen LogP) is 0.160. The molecule has 1 aromatic heterocycles. The largest absolute Gasteiger partial charge is 0.351 e. The summed E-state index contributed by atoms with van der Waals surface area (Å²) in [6, 6.07) is 0. The highest BCUT2D eigenvalue weighted by atomic mass is 16.2. The Morgan fingerprint density at radius 1 is 1.50 bits per heavy atom. The lowest BCUT2D eigenvalue weighted by molar-refractivity contribution is -0.121. The molecule has 1 rings (SSSR count). The van der Waals surface area contributed by atoms with Crippen LogP contribution in [0.15, 0.2) is 11.0 Å². The van der Waals surface area contributed by atoms with E-state index in [2.05, 4.69) is 15.3 Å². The van der Waals surface area contributed by atoms with E-state index in [-0.39, 0.29) is 23.6 Å². The summed E-state index contributed by atoms with van der Waals surface area (Å²) in [4.78, 5) is 27.1. The molecule has 1 amide bonds. The van der Waals surface area contributed by atoms with Crippen LogP contribution in [0.2, 0.25) is 0 Å². The van der Waals surface area contributed by atoms with Crippen molar-refractivity contribution in [2.75, 3.05) is 0 Å². The summed E-state index contributed by atoms with van der Waals surface area (Å²) in [5.74, 6) is -0.104. The van der Waals surface area contributed by atoms with Crippen LogP contribution >= 0.6 is 0 Å². The Labute approximate surface area is 81.9 Å². The highest BCUT2D eigenvalue weighted by Gasteiger charge is 2.14. The number of carbonyl (C=O) groups is 1. The third-order valence-electron chi connectivity index (χ3n) is 1.52. The fraction of sp³-hybridized carbons (Fsp3) is 0.556. The predicted molar refractivity (Wildman–Crippen MR) is 53.0 cm³/mol. The van der Waals surface area contributed by atoms with Gasteiger partial charge in [-0.1, -0.05) is 0 Å². The zero-order chi connectivity index (χ0) is 10.8. The molecular formula is C9H15N3O2. The summed E-state index contributed by atoms with van der Waals surface area (Å²) >= 11 is 0. The monoisotopic (exact) mass is 197 g/mol. The first-order valence-corrected chi connectivity index (χ1v) is 4.44. The van der Waals surface area contributed by atoms with E-state index < -0.39 is 0 Å². The molecule has 1 aromatic rings. The topological polar surface area (TPSA) is 77.8 Å². The number of imidazole rings is 1. The average molecular weight is 197 g/mol. The van der Waals surface area contributed by atoms with Crippen molar-refractivity contribution in [1.82, 2.24) is 15.3 Å². The molecule has 3 N–H and O–H groups in total. The van der Waals surface area contributed by atoms with Crippen LogP contribution in [0.3, 0.4) is 0 Å². The molecular weight excluding hydrogens is 182 g/mol. The Kier molecular flexibility index (Phi) is 2.78. The zero-order valence-electron chi connectivity index (χ0n) is 8.60. The molecule has 0 fully saturated rings. The fourth-order valence-electron chi connectivity index (χ4n) is 1.10. The second-order valence-electron chi connectivity index (χ2n) is 4.24. The molecule has 0 aliphatic carbocycles. The summed E-state index contributed by atoms with van der Waals surface area (Å²) in [6.07, 6.45) is 1.70. The van der Waals surface area contributed by atoms with Gasteiger partial charge in [0.15, 0.2) is 0 Å². The van der Waals surface area contributed by atoms with Crippen molar-refractivity contribution in [3.05, 3.63) is 22.4 Å². The summed E-state index contributed by atoms with van der Waals surface area (Å²) in [5, 5.41) is 2.80. The number of aromatic nitrogens is 2. The van der Waals surface area contributed by atoms with Gasteiger partial charge in [-0.25, -0.2) is 4.79 Å². The minimum absolute atomic E-state index is 0.104. The van der Waals surface area contributed by atoms with Crippen LogP contribution in [0.4, 0.5) is 0 Å². The van der Waals surface area contributed by atoms with E-state index in [0.29, 0.717) is 5.69 Å². The number of nitrogens with one attached hydrogen (secondary N) is 3. The lowest BCUT2D eigenvalue weighted by Gasteiger charge is -2.20. The smallest absolute Gasteiger partial charge is 0.323 e. The number of rotatable bonds is 2. The third-order valence-corrected chi connectivity index (χ3v) is 1.52. The molecule has 0 aliphatic rings. The van der Waals surface area contributed by atoms with Crippen molar-refractivity contribution in [2.24, 2.45) is 0 Å². The minimum Gasteiger partial charge on any atom is -0.351 e. The second kappa shape index (κ2) is 3.69. The number of aromatic amines is 2. The van der Waals surface area contributed by atoms with Crippen LogP contribution in [-0.2, 0) is 11.2 Å². The standard InChI is InChI=1S/C9H15N3O2/c1-9(2,3)12-7(13)4-6-5-10-8(14)11-6/h5H,4H2,1-3H3,(H,12,13)(H2,10,11,14). The Morgan fingerprint density at radius 3 is 2.57 bits per heavy atom. The Balaban J connectivity index is 2.54. The quantitative estimate of drug-likeness (QED) is 0.631. The molecule has 0 aromatic carbocycles. The average Bonchev–Trinajstić information content (AvgIpc) is 2.30. The van der Waals surface area contributed by atoms with Gasteiger partial charge in [-0.2, -0.15) is 0 Å². The van der Waals surface area contributed by atoms with E-state index in [0.717, 1.165) is 0 Å². The van der Waals surface area contributed by atoms with Gasteiger partial charge in [0, 0.05) is 17.4 Å².